The summed E-state index contributed by atoms with van der Waals surface area (Å²) in [7, 11) is 1.62. The van der Waals surface area contributed by atoms with Gasteiger partial charge in [0.15, 0.2) is 5.16 Å². The minimum absolute atomic E-state index is 0.0749. The number of methoxy groups -OCH3 is 1. The van der Waals surface area contributed by atoms with E-state index in [-0.39, 0.29) is 5.56 Å². The molecule has 0 saturated carbocycles. The van der Waals surface area contributed by atoms with E-state index < -0.39 is 0 Å². The first kappa shape index (κ1) is 18.8. The predicted molar refractivity (Wildman–Crippen MR) is 118 cm³/mol. The Balaban J connectivity index is 1.80. The van der Waals surface area contributed by atoms with E-state index in [0.717, 1.165) is 21.5 Å². The SMILES string of the molecule is COc1ccc(-n2c(SCc3ccc(Br)cc3)nc3ccccc3c2=O)cc1. The molecule has 0 unspecified atom stereocenters. The van der Waals surface area contributed by atoms with Gasteiger partial charge in [0, 0.05) is 10.2 Å². The quantitative estimate of drug-likeness (QED) is 0.298. The maximum absolute atomic E-state index is 13.2. The molecular formula is C22H17BrN2O2S. The van der Waals surface area contributed by atoms with Crippen LogP contribution in [0.5, 0.6) is 5.75 Å². The second-order valence-electron chi connectivity index (χ2n) is 6.17. The first-order valence-electron chi connectivity index (χ1n) is 8.69. The van der Waals surface area contributed by atoms with Crippen LogP contribution in [0, 0.1) is 0 Å². The number of hydrogen-bond acceptors (Lipinski definition) is 4. The fourth-order valence-corrected chi connectivity index (χ4v) is 4.13. The van der Waals surface area contributed by atoms with Gasteiger partial charge in [0.1, 0.15) is 5.75 Å². The van der Waals surface area contributed by atoms with Crippen molar-refractivity contribution in [2.45, 2.75) is 10.9 Å². The zero-order valence-electron chi connectivity index (χ0n) is 15.1. The van der Waals surface area contributed by atoms with Crippen molar-refractivity contribution in [3.8, 4) is 11.4 Å². The van der Waals surface area contributed by atoms with E-state index in [0.29, 0.717) is 21.8 Å². The van der Waals surface area contributed by atoms with E-state index >= 15 is 0 Å². The lowest BCUT2D eigenvalue weighted by Gasteiger charge is -2.13. The number of aromatic nitrogens is 2. The number of benzene rings is 3. The molecule has 0 atom stereocenters. The first-order chi connectivity index (χ1) is 13.7. The maximum Gasteiger partial charge on any atom is 0.266 e. The van der Waals surface area contributed by atoms with E-state index in [2.05, 4.69) is 28.1 Å². The summed E-state index contributed by atoms with van der Waals surface area (Å²) in [5.41, 5.74) is 2.56. The number of para-hydroxylation sites is 1. The Morgan fingerprint density at radius 3 is 2.43 bits per heavy atom. The normalized spacial score (nSPS) is 10.9. The van der Waals surface area contributed by atoms with E-state index in [4.69, 9.17) is 9.72 Å². The van der Waals surface area contributed by atoms with Crippen molar-refractivity contribution in [2.75, 3.05) is 7.11 Å². The van der Waals surface area contributed by atoms with Crippen molar-refractivity contribution in [2.24, 2.45) is 0 Å². The zero-order chi connectivity index (χ0) is 19.5. The molecule has 0 fully saturated rings. The van der Waals surface area contributed by atoms with Crippen LogP contribution in [-0.2, 0) is 5.75 Å². The minimum Gasteiger partial charge on any atom is -0.497 e. The third-order valence-electron chi connectivity index (χ3n) is 4.36. The van der Waals surface area contributed by atoms with Crippen molar-refractivity contribution in [3.63, 3.8) is 0 Å². The number of fused-ring (bicyclic) bond motifs is 1. The highest BCUT2D eigenvalue weighted by atomic mass is 79.9. The minimum atomic E-state index is -0.0749. The molecule has 3 aromatic carbocycles. The van der Waals surface area contributed by atoms with Gasteiger partial charge in [-0.3, -0.25) is 9.36 Å². The molecule has 0 amide bonds. The molecule has 0 radical (unpaired) electrons. The van der Waals surface area contributed by atoms with E-state index in [1.807, 2.05) is 60.7 Å². The molecule has 0 aliphatic rings. The highest BCUT2D eigenvalue weighted by Gasteiger charge is 2.13. The zero-order valence-corrected chi connectivity index (χ0v) is 17.5. The molecule has 28 heavy (non-hydrogen) atoms. The van der Waals surface area contributed by atoms with Crippen LogP contribution in [0.15, 0.2) is 87.2 Å². The van der Waals surface area contributed by atoms with Gasteiger partial charge in [-0.25, -0.2) is 4.98 Å². The van der Waals surface area contributed by atoms with Crippen molar-refractivity contribution in [1.29, 1.82) is 0 Å². The lowest BCUT2D eigenvalue weighted by Crippen LogP contribution is -2.21. The standard InChI is InChI=1S/C22H17BrN2O2S/c1-27-18-12-10-17(11-13-18)25-21(26)19-4-2-3-5-20(19)24-22(25)28-14-15-6-8-16(23)9-7-15/h2-13H,14H2,1H3. The van der Waals surface area contributed by atoms with Gasteiger partial charge in [-0.1, -0.05) is 52.0 Å². The van der Waals surface area contributed by atoms with Crippen LogP contribution in [0.1, 0.15) is 5.56 Å². The first-order valence-corrected chi connectivity index (χ1v) is 10.5. The van der Waals surface area contributed by atoms with Gasteiger partial charge in [-0.15, -0.1) is 0 Å². The number of nitrogens with zero attached hydrogens (tertiary/aromatic N) is 2. The molecule has 0 bridgehead atoms. The highest BCUT2D eigenvalue weighted by molar-refractivity contribution is 9.10. The maximum atomic E-state index is 13.2. The Hall–Kier alpha value is -2.57. The summed E-state index contributed by atoms with van der Waals surface area (Å²) in [6.45, 7) is 0. The van der Waals surface area contributed by atoms with Gasteiger partial charge in [0.2, 0.25) is 0 Å². The predicted octanol–water partition coefficient (Wildman–Crippen LogP) is 5.45. The second kappa shape index (κ2) is 8.20. The van der Waals surface area contributed by atoms with Crippen LogP contribution in [-0.4, -0.2) is 16.7 Å². The summed E-state index contributed by atoms with van der Waals surface area (Å²) in [6, 6.07) is 23.0. The van der Waals surface area contributed by atoms with Crippen LogP contribution in [0.3, 0.4) is 0 Å². The Kier molecular flexibility index (Phi) is 5.50. The molecular weight excluding hydrogens is 436 g/mol. The molecule has 4 nitrogen and oxygen atoms in total. The van der Waals surface area contributed by atoms with Crippen molar-refractivity contribution in [3.05, 3.63) is 93.2 Å². The Morgan fingerprint density at radius 2 is 1.71 bits per heavy atom. The molecule has 0 N–H and O–H groups in total. The third kappa shape index (κ3) is 3.84. The van der Waals surface area contributed by atoms with Crippen LogP contribution in [0.2, 0.25) is 0 Å². The number of rotatable bonds is 5. The van der Waals surface area contributed by atoms with Crippen molar-refractivity contribution < 1.29 is 4.74 Å². The van der Waals surface area contributed by atoms with Gasteiger partial charge in [0.05, 0.1) is 23.7 Å². The van der Waals surface area contributed by atoms with E-state index in [9.17, 15) is 4.79 Å². The number of ether oxygens (including phenoxy) is 1. The topological polar surface area (TPSA) is 44.1 Å². The van der Waals surface area contributed by atoms with Gasteiger partial charge in [-0.2, -0.15) is 0 Å². The molecule has 1 heterocycles. The molecule has 0 aliphatic carbocycles. The fraction of sp³-hybridized carbons (Fsp3) is 0.0909. The Bertz CT molecular complexity index is 1170. The molecule has 140 valence electrons. The number of hydrogen-bond donors (Lipinski definition) is 0. The second-order valence-corrected chi connectivity index (χ2v) is 8.02. The molecule has 0 saturated heterocycles. The van der Waals surface area contributed by atoms with Crippen LogP contribution in [0.25, 0.3) is 16.6 Å². The molecule has 0 aliphatic heterocycles. The van der Waals surface area contributed by atoms with Gasteiger partial charge >= 0.3 is 0 Å². The average Bonchev–Trinajstić information content (AvgIpc) is 2.74. The summed E-state index contributed by atoms with van der Waals surface area (Å²) in [5, 5.41) is 1.27. The molecule has 6 heteroatoms. The van der Waals surface area contributed by atoms with Crippen LogP contribution >= 0.6 is 27.7 Å². The number of halogens is 1. The summed E-state index contributed by atoms with van der Waals surface area (Å²) >= 11 is 5.00. The van der Waals surface area contributed by atoms with E-state index in [1.54, 1.807) is 23.4 Å². The smallest absolute Gasteiger partial charge is 0.266 e. The highest BCUT2D eigenvalue weighted by Crippen LogP contribution is 2.26. The van der Waals surface area contributed by atoms with E-state index in [1.165, 1.54) is 0 Å². The fourth-order valence-electron chi connectivity index (χ4n) is 2.90. The largest absolute Gasteiger partial charge is 0.497 e. The summed E-state index contributed by atoms with van der Waals surface area (Å²) in [4.78, 5) is 18.0. The summed E-state index contributed by atoms with van der Waals surface area (Å²) in [5.74, 6) is 1.46. The molecule has 4 rings (SSSR count). The summed E-state index contributed by atoms with van der Waals surface area (Å²) < 4.78 is 7.95. The molecule has 1 aromatic heterocycles. The third-order valence-corrected chi connectivity index (χ3v) is 5.90. The lowest BCUT2D eigenvalue weighted by molar-refractivity contribution is 0.414. The number of thioether (sulfide) groups is 1. The average molecular weight is 453 g/mol. The molecule has 0 spiro atoms. The van der Waals surface area contributed by atoms with Crippen LogP contribution in [0.4, 0.5) is 0 Å². The van der Waals surface area contributed by atoms with Gasteiger partial charge in [0.25, 0.3) is 5.56 Å². The van der Waals surface area contributed by atoms with Crippen molar-refractivity contribution >= 4 is 38.6 Å². The van der Waals surface area contributed by atoms with Crippen LogP contribution < -0.4 is 10.3 Å². The lowest BCUT2D eigenvalue weighted by atomic mass is 10.2. The Morgan fingerprint density at radius 1 is 1.00 bits per heavy atom. The summed E-state index contributed by atoms with van der Waals surface area (Å²) in [6.07, 6.45) is 0. The Labute approximate surface area is 175 Å². The van der Waals surface area contributed by atoms with Gasteiger partial charge in [-0.05, 0) is 54.1 Å². The van der Waals surface area contributed by atoms with Crippen molar-refractivity contribution in [1.82, 2.24) is 9.55 Å². The van der Waals surface area contributed by atoms with Gasteiger partial charge < -0.3 is 4.74 Å². The monoisotopic (exact) mass is 452 g/mol. The molecule has 4 aromatic rings.